The first-order valence-electron chi connectivity index (χ1n) is 9.70. The number of aromatic nitrogens is 1. The molecule has 138 valence electrons. The van der Waals surface area contributed by atoms with Gasteiger partial charge in [-0.25, -0.2) is 4.98 Å². The van der Waals surface area contributed by atoms with Crippen LogP contribution in [0.15, 0.2) is 30.3 Å². The molecule has 2 aliphatic rings. The van der Waals surface area contributed by atoms with Crippen molar-refractivity contribution in [1.29, 1.82) is 0 Å². The van der Waals surface area contributed by atoms with Crippen molar-refractivity contribution in [3.8, 4) is 0 Å². The van der Waals surface area contributed by atoms with Gasteiger partial charge in [0.05, 0.1) is 11.1 Å². The maximum Gasteiger partial charge on any atom is 0.254 e. The third-order valence-electron chi connectivity index (χ3n) is 6.07. The molecule has 0 spiro atoms. The lowest BCUT2D eigenvalue weighted by atomic mass is 9.94. The number of likely N-dealkylation sites (N-methyl/N-ethyl adjacent to an activating group) is 1. The highest BCUT2D eigenvalue weighted by Gasteiger charge is 2.33. The van der Waals surface area contributed by atoms with Crippen molar-refractivity contribution in [2.75, 3.05) is 20.1 Å². The Morgan fingerprint density at radius 3 is 2.77 bits per heavy atom. The van der Waals surface area contributed by atoms with Crippen LogP contribution in [0.4, 0.5) is 0 Å². The number of likely N-dealkylation sites (tertiary alicyclic amines) is 1. The Labute approximate surface area is 160 Å². The summed E-state index contributed by atoms with van der Waals surface area (Å²) in [5, 5.41) is 1.24. The SMILES string of the molecule is CN(C(=O)c1cc(Cl)nc2ccccc12)C1CCN(C2CCCCC2)C1. The van der Waals surface area contributed by atoms with Crippen LogP contribution in [0.25, 0.3) is 10.9 Å². The van der Waals surface area contributed by atoms with Gasteiger partial charge in [0.25, 0.3) is 5.91 Å². The molecular weight excluding hydrogens is 346 g/mol. The molecule has 0 N–H and O–H groups in total. The zero-order chi connectivity index (χ0) is 18.1. The summed E-state index contributed by atoms with van der Waals surface area (Å²) in [5.41, 5.74) is 1.42. The van der Waals surface area contributed by atoms with Gasteiger partial charge in [0.1, 0.15) is 5.15 Å². The molecule has 26 heavy (non-hydrogen) atoms. The van der Waals surface area contributed by atoms with E-state index < -0.39 is 0 Å². The Morgan fingerprint density at radius 2 is 1.96 bits per heavy atom. The van der Waals surface area contributed by atoms with E-state index >= 15 is 0 Å². The van der Waals surface area contributed by atoms with Gasteiger partial charge in [0.15, 0.2) is 0 Å². The van der Waals surface area contributed by atoms with E-state index in [2.05, 4.69) is 9.88 Å². The van der Waals surface area contributed by atoms with Crippen LogP contribution < -0.4 is 0 Å². The molecule has 0 bridgehead atoms. The van der Waals surface area contributed by atoms with E-state index in [4.69, 9.17) is 11.6 Å². The molecule has 5 heteroatoms. The minimum Gasteiger partial charge on any atom is -0.337 e. The number of hydrogen-bond acceptors (Lipinski definition) is 3. The lowest BCUT2D eigenvalue weighted by Gasteiger charge is -2.32. The number of hydrogen-bond donors (Lipinski definition) is 0. The Hall–Kier alpha value is -1.65. The van der Waals surface area contributed by atoms with Gasteiger partial charge in [-0.3, -0.25) is 9.69 Å². The average Bonchev–Trinajstić information content (AvgIpc) is 3.17. The average molecular weight is 372 g/mol. The Bertz CT molecular complexity index is 803. The van der Waals surface area contributed by atoms with Crippen molar-refractivity contribution in [2.45, 2.75) is 50.6 Å². The fourth-order valence-electron chi connectivity index (χ4n) is 4.54. The fraction of sp³-hybridized carbons (Fsp3) is 0.524. The smallest absolute Gasteiger partial charge is 0.254 e. The third-order valence-corrected chi connectivity index (χ3v) is 6.26. The topological polar surface area (TPSA) is 36.4 Å². The first-order valence-corrected chi connectivity index (χ1v) is 10.1. The van der Waals surface area contributed by atoms with Gasteiger partial charge < -0.3 is 4.90 Å². The number of nitrogens with zero attached hydrogens (tertiary/aromatic N) is 3. The third kappa shape index (κ3) is 3.45. The number of amides is 1. The van der Waals surface area contributed by atoms with Crippen molar-refractivity contribution < 1.29 is 4.79 Å². The van der Waals surface area contributed by atoms with Gasteiger partial charge in [-0.15, -0.1) is 0 Å². The van der Waals surface area contributed by atoms with Crippen molar-refractivity contribution in [1.82, 2.24) is 14.8 Å². The summed E-state index contributed by atoms with van der Waals surface area (Å²) in [7, 11) is 1.93. The highest BCUT2D eigenvalue weighted by Crippen LogP contribution is 2.28. The maximum atomic E-state index is 13.2. The van der Waals surface area contributed by atoms with E-state index in [1.807, 2.05) is 36.2 Å². The monoisotopic (exact) mass is 371 g/mol. The van der Waals surface area contributed by atoms with E-state index in [0.717, 1.165) is 30.4 Å². The molecule has 2 fully saturated rings. The van der Waals surface area contributed by atoms with Crippen molar-refractivity contribution in [2.24, 2.45) is 0 Å². The van der Waals surface area contributed by atoms with Gasteiger partial charge in [0.2, 0.25) is 0 Å². The van der Waals surface area contributed by atoms with E-state index in [0.29, 0.717) is 16.8 Å². The molecule has 1 saturated carbocycles. The highest BCUT2D eigenvalue weighted by atomic mass is 35.5. The van der Waals surface area contributed by atoms with Gasteiger partial charge >= 0.3 is 0 Å². The molecule has 1 aliphatic heterocycles. The summed E-state index contributed by atoms with van der Waals surface area (Å²) in [6.07, 6.45) is 7.76. The normalized spacial score (nSPS) is 22.0. The molecular formula is C21H26ClN3O. The molecule has 0 radical (unpaired) electrons. The Balaban J connectivity index is 1.52. The fourth-order valence-corrected chi connectivity index (χ4v) is 4.74. The minimum atomic E-state index is 0.0426. The van der Waals surface area contributed by atoms with Crippen molar-refractivity contribution in [3.05, 3.63) is 41.0 Å². The number of para-hydroxylation sites is 1. The summed E-state index contributed by atoms with van der Waals surface area (Å²) >= 11 is 6.17. The van der Waals surface area contributed by atoms with Crippen LogP contribution in [0.1, 0.15) is 48.9 Å². The van der Waals surface area contributed by atoms with E-state index in [1.54, 1.807) is 6.07 Å². The number of carbonyl (C=O) groups excluding carboxylic acids is 1. The standard InChI is InChI=1S/C21H26ClN3O/c1-24(16-11-12-25(14-16)15-7-3-2-4-8-15)21(26)18-13-20(22)23-19-10-6-5-9-17(18)19/h5-6,9-10,13,15-16H,2-4,7-8,11-12,14H2,1H3. The number of benzene rings is 1. The summed E-state index contributed by atoms with van der Waals surface area (Å²) < 4.78 is 0. The predicted octanol–water partition coefficient (Wildman–Crippen LogP) is 4.37. The van der Waals surface area contributed by atoms with E-state index in [-0.39, 0.29) is 11.9 Å². The number of carbonyl (C=O) groups is 1. The lowest BCUT2D eigenvalue weighted by molar-refractivity contribution is 0.0728. The second-order valence-corrected chi connectivity index (χ2v) is 8.04. The molecule has 1 atom stereocenters. The molecule has 1 unspecified atom stereocenters. The van der Waals surface area contributed by atoms with Crippen LogP contribution >= 0.6 is 11.6 Å². The van der Waals surface area contributed by atoms with E-state index in [9.17, 15) is 4.79 Å². The molecule has 1 aliphatic carbocycles. The van der Waals surface area contributed by atoms with Crippen LogP contribution in [-0.4, -0.2) is 52.9 Å². The first kappa shape index (κ1) is 17.7. The molecule has 4 nitrogen and oxygen atoms in total. The van der Waals surface area contributed by atoms with Crippen LogP contribution in [0.5, 0.6) is 0 Å². The zero-order valence-corrected chi connectivity index (χ0v) is 16.1. The lowest BCUT2D eigenvalue weighted by Crippen LogP contribution is -2.41. The second-order valence-electron chi connectivity index (χ2n) is 7.66. The van der Waals surface area contributed by atoms with Crippen LogP contribution in [0.3, 0.4) is 0 Å². The van der Waals surface area contributed by atoms with E-state index in [1.165, 1.54) is 32.1 Å². The summed E-state index contributed by atoms with van der Waals surface area (Å²) in [6, 6.07) is 10.4. The predicted molar refractivity (Wildman–Crippen MR) is 106 cm³/mol. The quantitative estimate of drug-likeness (QED) is 0.752. The molecule has 1 aromatic heterocycles. The highest BCUT2D eigenvalue weighted by molar-refractivity contribution is 6.30. The number of halogens is 1. The summed E-state index contributed by atoms with van der Waals surface area (Å²) in [4.78, 5) is 22.1. The van der Waals surface area contributed by atoms with Gasteiger partial charge in [-0.1, -0.05) is 49.1 Å². The molecule has 1 amide bonds. The molecule has 2 aromatic rings. The van der Waals surface area contributed by atoms with Gasteiger partial charge in [0, 0.05) is 37.6 Å². The summed E-state index contributed by atoms with van der Waals surface area (Å²) in [5.74, 6) is 0.0426. The Morgan fingerprint density at radius 1 is 1.19 bits per heavy atom. The van der Waals surface area contributed by atoms with Crippen molar-refractivity contribution in [3.63, 3.8) is 0 Å². The number of pyridine rings is 1. The molecule has 1 saturated heterocycles. The number of fused-ring (bicyclic) bond motifs is 1. The molecule has 1 aromatic carbocycles. The summed E-state index contributed by atoms with van der Waals surface area (Å²) in [6.45, 7) is 2.09. The largest absolute Gasteiger partial charge is 0.337 e. The molecule has 2 heterocycles. The van der Waals surface area contributed by atoms with Crippen LogP contribution in [-0.2, 0) is 0 Å². The minimum absolute atomic E-state index is 0.0426. The maximum absolute atomic E-state index is 13.2. The molecule has 4 rings (SSSR count). The van der Waals surface area contributed by atoms with Crippen LogP contribution in [0, 0.1) is 0 Å². The zero-order valence-electron chi connectivity index (χ0n) is 15.3. The Kier molecular flexibility index (Phi) is 5.14. The van der Waals surface area contributed by atoms with Crippen LogP contribution in [0.2, 0.25) is 5.15 Å². The first-order chi connectivity index (χ1) is 12.6. The second kappa shape index (κ2) is 7.53. The number of rotatable bonds is 3. The van der Waals surface area contributed by atoms with Gasteiger partial charge in [-0.05, 0) is 31.4 Å². The van der Waals surface area contributed by atoms with Crippen molar-refractivity contribution >= 4 is 28.4 Å². The van der Waals surface area contributed by atoms with Gasteiger partial charge in [-0.2, -0.15) is 0 Å².